The van der Waals surface area contributed by atoms with Crippen LogP contribution in [0.1, 0.15) is 17.2 Å². The van der Waals surface area contributed by atoms with Gasteiger partial charge in [0.25, 0.3) is 0 Å². The molecule has 3 nitrogen and oxygen atoms in total. The molecule has 2 aromatic carbocycles. The van der Waals surface area contributed by atoms with Crippen molar-refractivity contribution in [2.45, 2.75) is 6.10 Å². The van der Waals surface area contributed by atoms with Crippen LogP contribution in [0.3, 0.4) is 0 Å². The number of carbonyl (C=O) groups is 1. The summed E-state index contributed by atoms with van der Waals surface area (Å²) in [5.41, 5.74) is 1.66. The summed E-state index contributed by atoms with van der Waals surface area (Å²) in [6, 6.07) is 14.2. The van der Waals surface area contributed by atoms with Crippen molar-refractivity contribution in [3.05, 3.63) is 69.7 Å². The van der Waals surface area contributed by atoms with E-state index in [2.05, 4.69) is 0 Å². The van der Waals surface area contributed by atoms with Crippen LogP contribution in [0, 0.1) is 0 Å². The molecule has 0 atom stereocenters. The average Bonchev–Trinajstić information content (AvgIpc) is 2.42. The van der Waals surface area contributed by atoms with Crippen LogP contribution in [0.25, 0.3) is 0 Å². The van der Waals surface area contributed by atoms with Gasteiger partial charge in [-0.3, -0.25) is 0 Å². The van der Waals surface area contributed by atoms with Crippen LogP contribution in [-0.2, 0) is 9.53 Å². The molecule has 0 heterocycles. The quantitative estimate of drug-likeness (QED) is 0.901. The zero-order chi connectivity index (χ0) is 14.5. The molecule has 0 saturated heterocycles. The number of aliphatic carboxylic acids is 1. The molecule has 2 rings (SSSR count). The summed E-state index contributed by atoms with van der Waals surface area (Å²) >= 11 is 11.7. The fourth-order valence-corrected chi connectivity index (χ4v) is 2.07. The Morgan fingerprint density at radius 3 is 1.70 bits per heavy atom. The van der Waals surface area contributed by atoms with Crippen LogP contribution in [0.4, 0.5) is 0 Å². The Bertz CT molecular complexity index is 534. The Kier molecular flexibility index (Phi) is 5.01. The lowest BCUT2D eigenvalue weighted by Crippen LogP contribution is -2.13. The van der Waals surface area contributed by atoms with Gasteiger partial charge in [-0.2, -0.15) is 0 Å². The van der Waals surface area contributed by atoms with E-state index in [1.165, 1.54) is 0 Å². The summed E-state index contributed by atoms with van der Waals surface area (Å²) in [5, 5.41) is 10.0. The summed E-state index contributed by atoms with van der Waals surface area (Å²) in [4.78, 5) is 10.7. The summed E-state index contributed by atoms with van der Waals surface area (Å²) in [6.07, 6.45) is -0.472. The van der Waals surface area contributed by atoms with Crippen LogP contribution in [0.2, 0.25) is 10.0 Å². The van der Waals surface area contributed by atoms with Gasteiger partial charge in [-0.05, 0) is 35.4 Å². The Hall–Kier alpha value is -1.55. The number of carboxylic acid groups (broad SMARTS) is 1. The number of benzene rings is 2. The number of rotatable bonds is 5. The highest BCUT2D eigenvalue weighted by Crippen LogP contribution is 2.28. The van der Waals surface area contributed by atoms with Gasteiger partial charge >= 0.3 is 5.97 Å². The highest BCUT2D eigenvalue weighted by molar-refractivity contribution is 6.30. The van der Waals surface area contributed by atoms with Crippen molar-refractivity contribution in [1.82, 2.24) is 0 Å². The number of ether oxygens (including phenoxy) is 1. The molecule has 0 radical (unpaired) electrons. The number of carboxylic acids is 1. The molecule has 0 amide bonds. The molecule has 0 fully saturated rings. The molecule has 0 saturated carbocycles. The van der Waals surface area contributed by atoms with Crippen LogP contribution in [-0.4, -0.2) is 17.7 Å². The summed E-state index contributed by atoms with van der Waals surface area (Å²) in [7, 11) is 0. The van der Waals surface area contributed by atoms with Gasteiger partial charge in [0.2, 0.25) is 0 Å². The highest BCUT2D eigenvalue weighted by Gasteiger charge is 2.16. The lowest BCUT2D eigenvalue weighted by molar-refractivity contribution is -0.143. The van der Waals surface area contributed by atoms with Crippen molar-refractivity contribution in [3.8, 4) is 0 Å². The first-order valence-corrected chi connectivity index (χ1v) is 6.66. The fraction of sp³-hybridized carbons (Fsp3) is 0.133. The molecule has 0 unspecified atom stereocenters. The number of halogens is 2. The summed E-state index contributed by atoms with van der Waals surface area (Å²) in [6.45, 7) is -0.379. The Morgan fingerprint density at radius 2 is 1.35 bits per heavy atom. The van der Waals surface area contributed by atoms with Gasteiger partial charge in [0.1, 0.15) is 12.7 Å². The second-order valence-corrected chi connectivity index (χ2v) is 5.06. The van der Waals surface area contributed by atoms with Crippen LogP contribution in [0.15, 0.2) is 48.5 Å². The van der Waals surface area contributed by atoms with Crippen molar-refractivity contribution < 1.29 is 14.6 Å². The lowest BCUT2D eigenvalue weighted by Gasteiger charge is -2.18. The van der Waals surface area contributed by atoms with E-state index in [0.717, 1.165) is 11.1 Å². The molecule has 0 spiro atoms. The van der Waals surface area contributed by atoms with E-state index in [1.54, 1.807) is 24.3 Å². The highest BCUT2D eigenvalue weighted by atomic mass is 35.5. The predicted octanol–water partition coefficient (Wildman–Crippen LogP) is 4.18. The Labute approximate surface area is 126 Å². The molecule has 5 heteroatoms. The molecule has 0 bridgehead atoms. The topological polar surface area (TPSA) is 46.5 Å². The van der Waals surface area contributed by atoms with E-state index < -0.39 is 12.1 Å². The predicted molar refractivity (Wildman–Crippen MR) is 78.3 cm³/mol. The molecule has 20 heavy (non-hydrogen) atoms. The minimum absolute atomic E-state index is 0.379. The third kappa shape index (κ3) is 3.97. The maximum absolute atomic E-state index is 10.7. The smallest absolute Gasteiger partial charge is 0.329 e. The average molecular weight is 311 g/mol. The first-order chi connectivity index (χ1) is 9.56. The van der Waals surface area contributed by atoms with Crippen molar-refractivity contribution in [1.29, 1.82) is 0 Å². The maximum atomic E-state index is 10.7. The van der Waals surface area contributed by atoms with Gasteiger partial charge in [0, 0.05) is 10.0 Å². The molecule has 0 aliphatic rings. The van der Waals surface area contributed by atoms with Crippen LogP contribution >= 0.6 is 23.2 Å². The van der Waals surface area contributed by atoms with E-state index >= 15 is 0 Å². The number of hydrogen-bond acceptors (Lipinski definition) is 2. The molecule has 1 N–H and O–H groups in total. The minimum atomic E-state index is -1.02. The van der Waals surface area contributed by atoms with Gasteiger partial charge in [-0.1, -0.05) is 47.5 Å². The van der Waals surface area contributed by atoms with Crippen LogP contribution < -0.4 is 0 Å². The molecule has 0 aliphatic carbocycles. The Morgan fingerprint density at radius 1 is 0.950 bits per heavy atom. The molecular weight excluding hydrogens is 299 g/mol. The summed E-state index contributed by atoms with van der Waals surface area (Å²) in [5.74, 6) is -1.02. The second kappa shape index (κ2) is 6.75. The largest absolute Gasteiger partial charge is 0.480 e. The van der Waals surface area contributed by atoms with Gasteiger partial charge in [0.15, 0.2) is 0 Å². The van der Waals surface area contributed by atoms with Gasteiger partial charge < -0.3 is 9.84 Å². The van der Waals surface area contributed by atoms with Gasteiger partial charge in [0.05, 0.1) is 0 Å². The SMILES string of the molecule is O=C(O)COC(c1ccc(Cl)cc1)c1ccc(Cl)cc1. The molecule has 104 valence electrons. The van der Waals surface area contributed by atoms with E-state index in [0.29, 0.717) is 10.0 Å². The van der Waals surface area contributed by atoms with Gasteiger partial charge in [-0.15, -0.1) is 0 Å². The third-order valence-electron chi connectivity index (χ3n) is 2.72. The lowest BCUT2D eigenvalue weighted by atomic mass is 10.0. The normalized spacial score (nSPS) is 10.8. The van der Waals surface area contributed by atoms with E-state index in [9.17, 15) is 4.79 Å². The fourth-order valence-electron chi connectivity index (χ4n) is 1.81. The minimum Gasteiger partial charge on any atom is -0.480 e. The standard InChI is InChI=1S/C15H12Cl2O3/c16-12-5-1-10(2-6-12)15(20-9-14(18)19)11-3-7-13(17)8-4-11/h1-8,15H,9H2,(H,18,19). The van der Waals surface area contributed by atoms with E-state index in [-0.39, 0.29) is 6.61 Å². The van der Waals surface area contributed by atoms with Gasteiger partial charge in [-0.25, -0.2) is 4.79 Å². The molecule has 0 aliphatic heterocycles. The maximum Gasteiger partial charge on any atom is 0.329 e. The monoisotopic (exact) mass is 310 g/mol. The van der Waals surface area contributed by atoms with E-state index in [4.69, 9.17) is 33.0 Å². The van der Waals surface area contributed by atoms with Crippen molar-refractivity contribution >= 4 is 29.2 Å². The van der Waals surface area contributed by atoms with Crippen molar-refractivity contribution in [3.63, 3.8) is 0 Å². The van der Waals surface area contributed by atoms with Crippen LogP contribution in [0.5, 0.6) is 0 Å². The third-order valence-corrected chi connectivity index (χ3v) is 3.22. The zero-order valence-electron chi connectivity index (χ0n) is 10.4. The Balaban J connectivity index is 2.30. The molecule has 2 aromatic rings. The zero-order valence-corrected chi connectivity index (χ0v) is 11.9. The van der Waals surface area contributed by atoms with E-state index in [1.807, 2.05) is 24.3 Å². The first-order valence-electron chi connectivity index (χ1n) is 5.90. The number of hydrogen-bond donors (Lipinski definition) is 1. The van der Waals surface area contributed by atoms with Crippen molar-refractivity contribution in [2.75, 3.05) is 6.61 Å². The first kappa shape index (κ1) is 14.9. The molecule has 0 aromatic heterocycles. The summed E-state index contributed by atoms with van der Waals surface area (Å²) < 4.78 is 5.47. The molecular formula is C15H12Cl2O3. The van der Waals surface area contributed by atoms with Crippen molar-refractivity contribution in [2.24, 2.45) is 0 Å². The second-order valence-electron chi connectivity index (χ2n) is 4.19.